The quantitative estimate of drug-likeness (QED) is 0.810. The highest BCUT2D eigenvalue weighted by Gasteiger charge is 2.03. The van der Waals surface area contributed by atoms with Gasteiger partial charge in [-0.15, -0.1) is 0 Å². The first-order valence-electron chi connectivity index (χ1n) is 4.73. The minimum Gasteiger partial charge on any atom is -0.481 e. The fraction of sp³-hybridized carbons (Fsp3) is 0.167. The Morgan fingerprint density at radius 2 is 2.13 bits per heavy atom. The lowest BCUT2D eigenvalue weighted by atomic mass is 10.1. The maximum absolute atomic E-state index is 10.5. The molecule has 0 atom stereocenters. The Kier molecular flexibility index (Phi) is 2.37. The third kappa shape index (κ3) is 2.13. The molecule has 3 nitrogen and oxygen atoms in total. The topological polar surface area (TPSA) is 50.2 Å². The molecule has 0 bridgehead atoms. The normalized spacial score (nSPS) is 10.5. The molecule has 0 saturated carbocycles. The molecule has 1 aromatic heterocycles. The SMILES string of the molecule is Cc1ccc2nc(CC(=O)O)ccc2c1. The van der Waals surface area contributed by atoms with E-state index in [4.69, 9.17) is 5.11 Å². The van der Waals surface area contributed by atoms with Gasteiger partial charge in [-0.1, -0.05) is 17.7 Å². The number of pyridine rings is 1. The predicted octanol–water partition coefficient (Wildman–Crippen LogP) is 2.17. The van der Waals surface area contributed by atoms with Gasteiger partial charge >= 0.3 is 5.97 Å². The average Bonchev–Trinajstić information content (AvgIpc) is 2.17. The molecule has 3 heteroatoms. The second kappa shape index (κ2) is 3.69. The number of hydrogen-bond acceptors (Lipinski definition) is 2. The Morgan fingerprint density at radius 1 is 1.33 bits per heavy atom. The molecule has 0 spiro atoms. The Bertz CT molecular complexity index is 520. The highest BCUT2D eigenvalue weighted by molar-refractivity contribution is 5.80. The van der Waals surface area contributed by atoms with E-state index < -0.39 is 5.97 Å². The number of rotatable bonds is 2. The van der Waals surface area contributed by atoms with Crippen LogP contribution in [0.3, 0.4) is 0 Å². The highest BCUT2D eigenvalue weighted by Crippen LogP contribution is 2.14. The van der Waals surface area contributed by atoms with Gasteiger partial charge in [0.1, 0.15) is 0 Å². The summed E-state index contributed by atoms with van der Waals surface area (Å²) in [6, 6.07) is 9.59. The van der Waals surface area contributed by atoms with Gasteiger partial charge in [0.05, 0.1) is 17.6 Å². The van der Waals surface area contributed by atoms with E-state index in [9.17, 15) is 4.79 Å². The van der Waals surface area contributed by atoms with Crippen LogP contribution in [0.4, 0.5) is 0 Å². The summed E-state index contributed by atoms with van der Waals surface area (Å²) in [6.07, 6.45) is -0.0240. The van der Waals surface area contributed by atoms with Crippen LogP contribution in [0.2, 0.25) is 0 Å². The summed E-state index contributed by atoms with van der Waals surface area (Å²) in [5.41, 5.74) is 2.62. The zero-order chi connectivity index (χ0) is 10.8. The molecular weight excluding hydrogens is 190 g/mol. The molecule has 15 heavy (non-hydrogen) atoms. The number of fused-ring (bicyclic) bond motifs is 1. The molecule has 2 rings (SSSR count). The molecule has 76 valence electrons. The van der Waals surface area contributed by atoms with Crippen LogP contribution in [0.1, 0.15) is 11.3 Å². The fourth-order valence-corrected chi connectivity index (χ4v) is 1.54. The summed E-state index contributed by atoms with van der Waals surface area (Å²) in [4.78, 5) is 14.8. The van der Waals surface area contributed by atoms with Crippen LogP contribution in [0.5, 0.6) is 0 Å². The van der Waals surface area contributed by atoms with Crippen LogP contribution >= 0.6 is 0 Å². The molecule has 2 aromatic rings. The number of carbonyl (C=O) groups is 1. The molecule has 0 fully saturated rings. The van der Waals surface area contributed by atoms with E-state index in [1.54, 1.807) is 6.07 Å². The average molecular weight is 201 g/mol. The van der Waals surface area contributed by atoms with Crippen molar-refractivity contribution in [2.75, 3.05) is 0 Å². The molecule has 0 saturated heterocycles. The van der Waals surface area contributed by atoms with Gasteiger partial charge in [0.15, 0.2) is 0 Å². The van der Waals surface area contributed by atoms with E-state index in [0.29, 0.717) is 5.69 Å². The second-order valence-corrected chi connectivity index (χ2v) is 3.57. The summed E-state index contributed by atoms with van der Waals surface area (Å²) < 4.78 is 0. The van der Waals surface area contributed by atoms with Gasteiger partial charge < -0.3 is 5.11 Å². The van der Waals surface area contributed by atoms with Gasteiger partial charge in [-0.3, -0.25) is 9.78 Å². The maximum Gasteiger partial charge on any atom is 0.309 e. The zero-order valence-corrected chi connectivity index (χ0v) is 8.40. The number of benzene rings is 1. The van der Waals surface area contributed by atoms with E-state index in [2.05, 4.69) is 4.98 Å². The van der Waals surface area contributed by atoms with E-state index in [-0.39, 0.29) is 6.42 Å². The second-order valence-electron chi connectivity index (χ2n) is 3.57. The highest BCUT2D eigenvalue weighted by atomic mass is 16.4. The largest absolute Gasteiger partial charge is 0.481 e. The molecule has 0 radical (unpaired) electrons. The number of nitrogens with zero attached hydrogens (tertiary/aromatic N) is 1. The smallest absolute Gasteiger partial charge is 0.309 e. The Hall–Kier alpha value is -1.90. The number of hydrogen-bond donors (Lipinski definition) is 1. The summed E-state index contributed by atoms with van der Waals surface area (Å²) in [7, 11) is 0. The standard InChI is InChI=1S/C12H11NO2/c1-8-2-5-11-9(6-8)3-4-10(13-11)7-12(14)15/h2-6H,7H2,1H3,(H,14,15). The molecule has 0 aliphatic rings. The van der Waals surface area contributed by atoms with Gasteiger partial charge in [0.2, 0.25) is 0 Å². The first kappa shape index (κ1) is 9.65. The van der Waals surface area contributed by atoms with Gasteiger partial charge in [-0.05, 0) is 25.1 Å². The molecule has 1 aromatic carbocycles. The number of aliphatic carboxylic acids is 1. The third-order valence-corrected chi connectivity index (χ3v) is 2.23. The van der Waals surface area contributed by atoms with E-state index in [1.165, 1.54) is 5.56 Å². The molecule has 0 aliphatic carbocycles. The van der Waals surface area contributed by atoms with Crippen molar-refractivity contribution in [2.45, 2.75) is 13.3 Å². The Labute approximate surface area is 87.4 Å². The molecule has 1 N–H and O–H groups in total. The molecular formula is C12H11NO2. The van der Waals surface area contributed by atoms with Crippen LogP contribution in [0.15, 0.2) is 30.3 Å². The first-order chi connectivity index (χ1) is 7.15. The lowest BCUT2D eigenvalue weighted by Gasteiger charge is -2.01. The minimum absolute atomic E-state index is 0.0240. The summed E-state index contributed by atoms with van der Waals surface area (Å²) in [5, 5.41) is 9.69. The molecule has 0 unspecified atom stereocenters. The minimum atomic E-state index is -0.853. The van der Waals surface area contributed by atoms with Crippen molar-refractivity contribution in [3.63, 3.8) is 0 Å². The maximum atomic E-state index is 10.5. The Balaban J connectivity index is 2.47. The lowest BCUT2D eigenvalue weighted by Crippen LogP contribution is -2.02. The van der Waals surface area contributed by atoms with Crippen molar-refractivity contribution in [2.24, 2.45) is 0 Å². The number of carboxylic acids is 1. The van der Waals surface area contributed by atoms with Crippen molar-refractivity contribution < 1.29 is 9.90 Å². The van der Waals surface area contributed by atoms with Gasteiger partial charge in [0.25, 0.3) is 0 Å². The fourth-order valence-electron chi connectivity index (χ4n) is 1.54. The Morgan fingerprint density at radius 3 is 2.87 bits per heavy atom. The van der Waals surface area contributed by atoms with E-state index >= 15 is 0 Å². The molecule has 0 aliphatic heterocycles. The number of aromatic nitrogens is 1. The third-order valence-electron chi connectivity index (χ3n) is 2.23. The molecule has 1 heterocycles. The van der Waals surface area contributed by atoms with Gasteiger partial charge in [-0.2, -0.15) is 0 Å². The van der Waals surface area contributed by atoms with Crippen LogP contribution < -0.4 is 0 Å². The number of aryl methyl sites for hydroxylation is 1. The van der Waals surface area contributed by atoms with Crippen LogP contribution in [0.25, 0.3) is 10.9 Å². The lowest BCUT2D eigenvalue weighted by molar-refractivity contribution is -0.136. The molecule has 0 amide bonds. The van der Waals surface area contributed by atoms with Gasteiger partial charge in [0, 0.05) is 5.39 Å². The summed E-state index contributed by atoms with van der Waals surface area (Å²) in [5.74, 6) is -0.853. The van der Waals surface area contributed by atoms with Crippen LogP contribution in [-0.2, 0) is 11.2 Å². The van der Waals surface area contributed by atoms with Crippen molar-refractivity contribution >= 4 is 16.9 Å². The summed E-state index contributed by atoms with van der Waals surface area (Å²) >= 11 is 0. The van der Waals surface area contributed by atoms with Crippen molar-refractivity contribution in [3.8, 4) is 0 Å². The van der Waals surface area contributed by atoms with Crippen molar-refractivity contribution in [1.82, 2.24) is 4.98 Å². The first-order valence-corrected chi connectivity index (χ1v) is 4.73. The van der Waals surface area contributed by atoms with Gasteiger partial charge in [-0.25, -0.2) is 0 Å². The number of carboxylic acid groups (broad SMARTS) is 1. The van der Waals surface area contributed by atoms with Crippen LogP contribution in [-0.4, -0.2) is 16.1 Å². The predicted molar refractivity (Wildman–Crippen MR) is 57.8 cm³/mol. The van der Waals surface area contributed by atoms with Crippen LogP contribution in [0, 0.1) is 6.92 Å². The van der Waals surface area contributed by atoms with E-state index in [0.717, 1.165) is 10.9 Å². The van der Waals surface area contributed by atoms with Crippen molar-refractivity contribution in [1.29, 1.82) is 0 Å². The van der Waals surface area contributed by atoms with Crippen molar-refractivity contribution in [3.05, 3.63) is 41.6 Å². The zero-order valence-electron chi connectivity index (χ0n) is 8.40. The summed E-state index contributed by atoms with van der Waals surface area (Å²) in [6.45, 7) is 2.02. The van der Waals surface area contributed by atoms with E-state index in [1.807, 2.05) is 31.2 Å². The monoisotopic (exact) mass is 201 g/mol.